The van der Waals surface area contributed by atoms with Crippen molar-refractivity contribution in [2.75, 3.05) is 57.9 Å². The van der Waals surface area contributed by atoms with E-state index in [-0.39, 0.29) is 24.0 Å². The smallest absolute Gasteiger partial charge is 0.191 e. The highest BCUT2D eigenvalue weighted by Crippen LogP contribution is 2.24. The summed E-state index contributed by atoms with van der Waals surface area (Å²) in [6, 6.07) is 5.42. The molecule has 0 aliphatic carbocycles. The fraction of sp³-hybridized carbons (Fsp3) is 0.750. The maximum absolute atomic E-state index is 5.25. The molecule has 1 unspecified atom stereocenters. The standard InChI is InChI=1S/C20H35N5OS.HI/c1-3-21-20(22-16-18-6-4-10-24(18)13-14-26-2)23-17-8-11-25(12-9-17)19-7-5-15-27-19;/h5,7,15,17-18H,3-4,6,8-14,16H2,1-2H3,(H2,21,22,23);1H. The molecule has 6 nitrogen and oxygen atoms in total. The molecule has 0 aromatic carbocycles. The van der Waals surface area contributed by atoms with E-state index in [1.54, 1.807) is 7.11 Å². The first-order valence-electron chi connectivity index (χ1n) is 10.4. The Kier molecular flexibility index (Phi) is 10.9. The Morgan fingerprint density at radius 3 is 2.79 bits per heavy atom. The van der Waals surface area contributed by atoms with Crippen LogP contribution in [0.5, 0.6) is 0 Å². The monoisotopic (exact) mass is 521 g/mol. The molecule has 0 saturated carbocycles. The number of methoxy groups -OCH3 is 1. The van der Waals surface area contributed by atoms with Crippen molar-refractivity contribution in [2.45, 2.75) is 44.7 Å². The van der Waals surface area contributed by atoms with Crippen LogP contribution in [0.15, 0.2) is 22.5 Å². The summed E-state index contributed by atoms with van der Waals surface area (Å²) in [5, 5.41) is 10.7. The van der Waals surface area contributed by atoms with Crippen molar-refractivity contribution in [1.82, 2.24) is 15.5 Å². The number of hydrogen-bond acceptors (Lipinski definition) is 5. The minimum absolute atomic E-state index is 0. The Bertz CT molecular complexity index is 563. The van der Waals surface area contributed by atoms with Crippen molar-refractivity contribution in [3.05, 3.63) is 17.5 Å². The molecule has 0 bridgehead atoms. The Morgan fingerprint density at radius 2 is 2.11 bits per heavy atom. The van der Waals surface area contributed by atoms with Gasteiger partial charge in [-0.1, -0.05) is 0 Å². The molecule has 0 radical (unpaired) electrons. The predicted octanol–water partition coefficient (Wildman–Crippen LogP) is 3.00. The van der Waals surface area contributed by atoms with Crippen LogP contribution < -0.4 is 15.5 Å². The molecule has 28 heavy (non-hydrogen) atoms. The zero-order valence-electron chi connectivity index (χ0n) is 17.2. The van der Waals surface area contributed by atoms with Crippen LogP contribution in [0.1, 0.15) is 32.6 Å². The quantitative estimate of drug-likeness (QED) is 0.313. The molecular weight excluding hydrogens is 485 g/mol. The third-order valence-electron chi connectivity index (χ3n) is 5.54. The highest BCUT2D eigenvalue weighted by molar-refractivity contribution is 14.0. The number of aliphatic imine (C=N–C) groups is 1. The van der Waals surface area contributed by atoms with E-state index in [0.29, 0.717) is 12.1 Å². The number of ether oxygens (including phenoxy) is 1. The summed E-state index contributed by atoms with van der Waals surface area (Å²) in [5.41, 5.74) is 0. The minimum Gasteiger partial charge on any atom is -0.383 e. The van der Waals surface area contributed by atoms with Gasteiger partial charge >= 0.3 is 0 Å². The molecular formula is C20H36IN5OS. The molecule has 2 N–H and O–H groups in total. The highest BCUT2D eigenvalue weighted by atomic mass is 127. The average molecular weight is 522 g/mol. The van der Waals surface area contributed by atoms with Gasteiger partial charge in [0.05, 0.1) is 18.2 Å². The normalized spacial score (nSPS) is 21.6. The predicted molar refractivity (Wildman–Crippen MR) is 131 cm³/mol. The number of anilines is 1. The first kappa shape index (κ1) is 23.7. The molecule has 3 heterocycles. The van der Waals surface area contributed by atoms with Gasteiger partial charge in [0.1, 0.15) is 0 Å². The number of thiophene rings is 1. The fourth-order valence-electron chi connectivity index (χ4n) is 4.01. The molecule has 1 atom stereocenters. The number of nitrogens with zero attached hydrogens (tertiary/aromatic N) is 3. The lowest BCUT2D eigenvalue weighted by molar-refractivity contribution is 0.142. The summed E-state index contributed by atoms with van der Waals surface area (Å²) in [4.78, 5) is 9.94. The summed E-state index contributed by atoms with van der Waals surface area (Å²) in [6.07, 6.45) is 4.83. The Labute approximate surface area is 191 Å². The number of halogens is 1. The van der Waals surface area contributed by atoms with Gasteiger partial charge in [0.25, 0.3) is 0 Å². The second-order valence-corrected chi connectivity index (χ2v) is 8.33. The summed E-state index contributed by atoms with van der Waals surface area (Å²) >= 11 is 1.84. The third-order valence-corrected chi connectivity index (χ3v) is 6.47. The van der Waals surface area contributed by atoms with Crippen LogP contribution in [0.4, 0.5) is 5.00 Å². The van der Waals surface area contributed by atoms with E-state index in [1.165, 1.54) is 24.4 Å². The highest BCUT2D eigenvalue weighted by Gasteiger charge is 2.24. The molecule has 0 spiro atoms. The molecule has 160 valence electrons. The van der Waals surface area contributed by atoms with Gasteiger partial charge in [0, 0.05) is 45.4 Å². The van der Waals surface area contributed by atoms with Gasteiger partial charge < -0.3 is 20.3 Å². The van der Waals surface area contributed by atoms with Gasteiger partial charge in [0.15, 0.2) is 5.96 Å². The van der Waals surface area contributed by atoms with E-state index < -0.39 is 0 Å². The Morgan fingerprint density at radius 1 is 1.29 bits per heavy atom. The molecule has 2 aliphatic rings. The van der Waals surface area contributed by atoms with Crippen molar-refractivity contribution in [3.8, 4) is 0 Å². The summed E-state index contributed by atoms with van der Waals surface area (Å²) in [7, 11) is 1.78. The molecule has 8 heteroatoms. The summed E-state index contributed by atoms with van der Waals surface area (Å²) < 4.78 is 5.25. The molecule has 1 aromatic heterocycles. The van der Waals surface area contributed by atoms with Gasteiger partial charge in [-0.3, -0.25) is 9.89 Å². The van der Waals surface area contributed by atoms with Crippen LogP contribution in [0, 0.1) is 0 Å². The van der Waals surface area contributed by atoms with Crippen LogP contribution >= 0.6 is 35.3 Å². The molecule has 3 rings (SSSR count). The number of likely N-dealkylation sites (tertiary alicyclic amines) is 1. The second kappa shape index (κ2) is 12.9. The zero-order chi connectivity index (χ0) is 18.9. The SMILES string of the molecule is CCNC(=NCC1CCCN1CCOC)NC1CCN(c2cccs2)CC1.I. The lowest BCUT2D eigenvalue weighted by Crippen LogP contribution is -2.49. The number of nitrogens with one attached hydrogen (secondary N) is 2. The number of piperidine rings is 1. The molecule has 0 amide bonds. The fourth-order valence-corrected chi connectivity index (χ4v) is 4.79. The largest absolute Gasteiger partial charge is 0.383 e. The molecule has 2 aliphatic heterocycles. The lowest BCUT2D eigenvalue weighted by Gasteiger charge is -2.33. The van der Waals surface area contributed by atoms with Crippen LogP contribution in [0.2, 0.25) is 0 Å². The van der Waals surface area contributed by atoms with Crippen molar-refractivity contribution in [1.29, 1.82) is 0 Å². The number of rotatable bonds is 8. The second-order valence-electron chi connectivity index (χ2n) is 7.40. The lowest BCUT2D eigenvalue weighted by atomic mass is 10.1. The number of guanidine groups is 1. The molecule has 1 aromatic rings. The summed E-state index contributed by atoms with van der Waals surface area (Å²) in [5.74, 6) is 0.977. The van der Waals surface area contributed by atoms with E-state index in [9.17, 15) is 0 Å². The van der Waals surface area contributed by atoms with Crippen LogP contribution in [-0.2, 0) is 4.74 Å². The zero-order valence-corrected chi connectivity index (χ0v) is 20.4. The van der Waals surface area contributed by atoms with Crippen LogP contribution in [-0.4, -0.2) is 75.9 Å². The summed E-state index contributed by atoms with van der Waals surface area (Å²) in [6.45, 7) is 9.13. The molecule has 2 saturated heterocycles. The first-order valence-corrected chi connectivity index (χ1v) is 11.2. The topological polar surface area (TPSA) is 52.1 Å². The molecule has 2 fully saturated rings. The maximum Gasteiger partial charge on any atom is 0.191 e. The van der Waals surface area contributed by atoms with Crippen LogP contribution in [0.3, 0.4) is 0 Å². The van der Waals surface area contributed by atoms with E-state index in [1.807, 2.05) is 11.3 Å². The van der Waals surface area contributed by atoms with E-state index in [4.69, 9.17) is 9.73 Å². The van der Waals surface area contributed by atoms with Crippen molar-refractivity contribution >= 4 is 46.3 Å². The van der Waals surface area contributed by atoms with Gasteiger partial charge in [-0.15, -0.1) is 35.3 Å². The van der Waals surface area contributed by atoms with Crippen molar-refractivity contribution in [3.63, 3.8) is 0 Å². The average Bonchev–Trinajstić information content (AvgIpc) is 3.37. The van der Waals surface area contributed by atoms with E-state index >= 15 is 0 Å². The first-order chi connectivity index (χ1) is 13.3. The number of hydrogen-bond donors (Lipinski definition) is 2. The van der Waals surface area contributed by atoms with Crippen molar-refractivity contribution < 1.29 is 4.74 Å². The minimum atomic E-state index is 0. The maximum atomic E-state index is 5.25. The van der Waals surface area contributed by atoms with Gasteiger partial charge in [0.2, 0.25) is 0 Å². The van der Waals surface area contributed by atoms with Gasteiger partial charge in [-0.2, -0.15) is 0 Å². The van der Waals surface area contributed by atoms with Crippen LogP contribution in [0.25, 0.3) is 0 Å². The van der Waals surface area contributed by atoms with Gasteiger partial charge in [-0.05, 0) is 56.7 Å². The van der Waals surface area contributed by atoms with E-state index in [0.717, 1.165) is 58.1 Å². The van der Waals surface area contributed by atoms with Crippen molar-refractivity contribution in [2.24, 2.45) is 4.99 Å². The Hall–Kier alpha value is -0.580. The third kappa shape index (κ3) is 7.03. The van der Waals surface area contributed by atoms with E-state index in [2.05, 4.69) is 44.9 Å². The van der Waals surface area contributed by atoms with Gasteiger partial charge in [-0.25, -0.2) is 0 Å². The Balaban J connectivity index is 0.00000280.